The lowest BCUT2D eigenvalue weighted by Crippen LogP contribution is -2.54. The molecule has 0 bridgehead atoms. The van der Waals surface area contributed by atoms with Crippen LogP contribution in [0.15, 0.2) is 24.3 Å². The highest BCUT2D eigenvalue weighted by atomic mass is 16.5. The third kappa shape index (κ3) is 2.96. The summed E-state index contributed by atoms with van der Waals surface area (Å²) < 4.78 is 5.24. The molecule has 146 valence electrons. The molecule has 0 spiro atoms. The summed E-state index contributed by atoms with van der Waals surface area (Å²) in [6, 6.07) is 7.63. The van der Waals surface area contributed by atoms with Crippen molar-refractivity contribution in [2.45, 2.75) is 52.1 Å². The number of carbonyl (C=O) groups excluding carboxylic acids is 3. The van der Waals surface area contributed by atoms with Crippen molar-refractivity contribution in [3.8, 4) is 0 Å². The fourth-order valence-electron chi connectivity index (χ4n) is 4.35. The summed E-state index contributed by atoms with van der Waals surface area (Å²) in [5.74, 6) is -1.95. The number of ether oxygens (including phenoxy) is 1. The van der Waals surface area contributed by atoms with E-state index in [1.165, 1.54) is 10.5 Å². The van der Waals surface area contributed by atoms with Crippen LogP contribution in [0.4, 0.5) is 0 Å². The van der Waals surface area contributed by atoms with Gasteiger partial charge in [0.15, 0.2) is 0 Å². The average molecular weight is 372 g/mol. The van der Waals surface area contributed by atoms with Crippen LogP contribution in [0, 0.1) is 11.8 Å². The number of benzene rings is 1. The summed E-state index contributed by atoms with van der Waals surface area (Å²) in [6.07, 6.45) is 0. The number of hydrogen-bond donors (Lipinski definition) is 1. The zero-order valence-electron chi connectivity index (χ0n) is 16.6. The van der Waals surface area contributed by atoms with E-state index < -0.39 is 29.4 Å². The van der Waals surface area contributed by atoms with Gasteiger partial charge >= 0.3 is 5.97 Å². The average Bonchev–Trinajstić information content (AvgIpc) is 3.09. The smallest absolute Gasteiger partial charge is 0.326 e. The standard InChI is InChI=1S/C21H28N2O4/c1-6-23-18(24)15-16(19(23)25)21(5,20(26)27-7-2)22-17(15)14-10-8-13(9-11-14)12(3)4/h8-12,15-17,22H,6-7H2,1-5H3. The maximum absolute atomic E-state index is 13.0. The van der Waals surface area contributed by atoms with Gasteiger partial charge in [0.05, 0.1) is 18.4 Å². The normalized spacial score (nSPS) is 30.1. The lowest BCUT2D eigenvalue weighted by Gasteiger charge is -2.29. The number of nitrogens with one attached hydrogen (secondary N) is 1. The minimum Gasteiger partial charge on any atom is -0.465 e. The molecule has 4 unspecified atom stereocenters. The van der Waals surface area contributed by atoms with Crippen LogP contribution in [-0.2, 0) is 19.1 Å². The number of carbonyl (C=O) groups is 3. The van der Waals surface area contributed by atoms with Crippen LogP contribution in [-0.4, -0.2) is 41.4 Å². The van der Waals surface area contributed by atoms with Crippen LogP contribution in [0.2, 0.25) is 0 Å². The maximum atomic E-state index is 13.0. The Hall–Kier alpha value is -2.21. The van der Waals surface area contributed by atoms with Gasteiger partial charge < -0.3 is 4.74 Å². The van der Waals surface area contributed by atoms with Gasteiger partial charge in [-0.25, -0.2) is 0 Å². The van der Waals surface area contributed by atoms with Crippen molar-refractivity contribution in [3.05, 3.63) is 35.4 Å². The third-order valence-corrected chi connectivity index (χ3v) is 5.86. The van der Waals surface area contributed by atoms with Gasteiger partial charge in [0.2, 0.25) is 11.8 Å². The number of likely N-dealkylation sites (tertiary alicyclic amines) is 1. The second-order valence-electron chi connectivity index (χ2n) is 7.79. The van der Waals surface area contributed by atoms with Gasteiger partial charge in [-0.15, -0.1) is 0 Å². The molecule has 0 aromatic heterocycles. The van der Waals surface area contributed by atoms with Gasteiger partial charge in [0, 0.05) is 12.6 Å². The van der Waals surface area contributed by atoms with E-state index in [9.17, 15) is 14.4 Å². The first-order chi connectivity index (χ1) is 12.8. The predicted octanol–water partition coefficient (Wildman–Crippen LogP) is 2.40. The van der Waals surface area contributed by atoms with Crippen LogP contribution >= 0.6 is 0 Å². The Morgan fingerprint density at radius 3 is 2.33 bits per heavy atom. The largest absolute Gasteiger partial charge is 0.465 e. The second kappa shape index (κ2) is 7.08. The van der Waals surface area contributed by atoms with Gasteiger partial charge in [-0.1, -0.05) is 38.1 Å². The van der Waals surface area contributed by atoms with E-state index in [-0.39, 0.29) is 18.4 Å². The van der Waals surface area contributed by atoms with Gasteiger partial charge in [0.1, 0.15) is 5.54 Å². The molecule has 2 aliphatic heterocycles. The van der Waals surface area contributed by atoms with E-state index in [2.05, 4.69) is 19.2 Å². The minimum atomic E-state index is -1.22. The summed E-state index contributed by atoms with van der Waals surface area (Å²) in [7, 11) is 0. The Bertz CT molecular complexity index is 758. The molecule has 2 heterocycles. The van der Waals surface area contributed by atoms with E-state index >= 15 is 0 Å². The number of nitrogens with zero attached hydrogens (tertiary/aromatic N) is 1. The first kappa shape index (κ1) is 19.5. The fraction of sp³-hybridized carbons (Fsp3) is 0.571. The topological polar surface area (TPSA) is 75.7 Å². The Morgan fingerprint density at radius 2 is 1.81 bits per heavy atom. The number of amides is 2. The zero-order valence-corrected chi connectivity index (χ0v) is 16.6. The molecule has 27 heavy (non-hydrogen) atoms. The molecule has 1 N–H and O–H groups in total. The Labute approximate surface area is 160 Å². The summed E-state index contributed by atoms with van der Waals surface area (Å²) in [5.41, 5.74) is 0.880. The Morgan fingerprint density at radius 1 is 1.19 bits per heavy atom. The van der Waals surface area contributed by atoms with E-state index in [0.29, 0.717) is 12.5 Å². The van der Waals surface area contributed by atoms with E-state index in [1.807, 2.05) is 24.3 Å². The van der Waals surface area contributed by atoms with Crippen LogP contribution in [0.5, 0.6) is 0 Å². The lowest BCUT2D eigenvalue weighted by molar-refractivity contribution is -0.155. The molecule has 6 heteroatoms. The van der Waals surface area contributed by atoms with E-state index in [0.717, 1.165) is 5.56 Å². The van der Waals surface area contributed by atoms with Crippen molar-refractivity contribution in [1.82, 2.24) is 10.2 Å². The van der Waals surface area contributed by atoms with Gasteiger partial charge in [-0.2, -0.15) is 0 Å². The quantitative estimate of drug-likeness (QED) is 0.634. The molecule has 0 radical (unpaired) electrons. The predicted molar refractivity (Wildman–Crippen MR) is 101 cm³/mol. The van der Waals surface area contributed by atoms with Gasteiger partial charge in [-0.05, 0) is 37.8 Å². The van der Waals surface area contributed by atoms with Crippen molar-refractivity contribution in [2.24, 2.45) is 11.8 Å². The van der Waals surface area contributed by atoms with Crippen LogP contribution < -0.4 is 5.32 Å². The second-order valence-corrected chi connectivity index (χ2v) is 7.79. The Balaban J connectivity index is 2.04. The molecule has 3 rings (SSSR count). The molecule has 0 aliphatic carbocycles. The van der Waals surface area contributed by atoms with Crippen LogP contribution in [0.1, 0.15) is 57.7 Å². The molecule has 1 aromatic carbocycles. The molecular weight excluding hydrogens is 344 g/mol. The highest BCUT2D eigenvalue weighted by molar-refractivity contribution is 6.09. The van der Waals surface area contributed by atoms with E-state index in [1.54, 1.807) is 20.8 Å². The third-order valence-electron chi connectivity index (χ3n) is 5.86. The molecule has 2 fully saturated rings. The number of fused-ring (bicyclic) bond motifs is 1. The molecule has 2 saturated heterocycles. The first-order valence-electron chi connectivity index (χ1n) is 9.66. The summed E-state index contributed by atoms with van der Waals surface area (Å²) in [5, 5.41) is 3.28. The fourth-order valence-corrected chi connectivity index (χ4v) is 4.35. The highest BCUT2D eigenvalue weighted by Crippen LogP contribution is 2.49. The van der Waals surface area contributed by atoms with Gasteiger partial charge in [0.25, 0.3) is 0 Å². The minimum absolute atomic E-state index is 0.217. The summed E-state index contributed by atoms with van der Waals surface area (Å²) >= 11 is 0. The number of imide groups is 1. The molecule has 2 amide bonds. The van der Waals surface area contributed by atoms with Gasteiger partial charge in [-0.3, -0.25) is 24.6 Å². The maximum Gasteiger partial charge on any atom is 0.326 e. The molecule has 2 aliphatic rings. The zero-order chi connectivity index (χ0) is 19.9. The van der Waals surface area contributed by atoms with Crippen molar-refractivity contribution in [2.75, 3.05) is 13.2 Å². The number of hydrogen-bond acceptors (Lipinski definition) is 5. The number of esters is 1. The Kier molecular flexibility index (Phi) is 5.12. The monoisotopic (exact) mass is 372 g/mol. The molecule has 4 atom stereocenters. The summed E-state index contributed by atoms with van der Waals surface area (Å²) in [6.45, 7) is 9.96. The molecule has 1 aromatic rings. The SMILES string of the molecule is CCOC(=O)C1(C)NC(c2ccc(C(C)C)cc2)C2C(=O)N(CC)C(=O)C21. The lowest BCUT2D eigenvalue weighted by atomic mass is 9.80. The van der Waals surface area contributed by atoms with Crippen molar-refractivity contribution in [3.63, 3.8) is 0 Å². The van der Waals surface area contributed by atoms with Crippen LogP contribution in [0.3, 0.4) is 0 Å². The number of rotatable bonds is 5. The van der Waals surface area contributed by atoms with E-state index in [4.69, 9.17) is 4.74 Å². The van der Waals surface area contributed by atoms with Crippen molar-refractivity contribution >= 4 is 17.8 Å². The molecule has 6 nitrogen and oxygen atoms in total. The van der Waals surface area contributed by atoms with Crippen molar-refractivity contribution < 1.29 is 19.1 Å². The molecule has 0 saturated carbocycles. The summed E-state index contributed by atoms with van der Waals surface area (Å²) in [4.78, 5) is 39.9. The molecular formula is C21H28N2O4. The van der Waals surface area contributed by atoms with Crippen molar-refractivity contribution in [1.29, 1.82) is 0 Å². The van der Waals surface area contributed by atoms with Crippen LogP contribution in [0.25, 0.3) is 0 Å². The highest BCUT2D eigenvalue weighted by Gasteiger charge is 2.66. The first-order valence-corrected chi connectivity index (χ1v) is 9.66.